The van der Waals surface area contributed by atoms with Crippen LogP contribution < -0.4 is 12.5 Å². The Morgan fingerprint density at radius 2 is 1.00 bits per heavy atom. The minimum atomic E-state index is -4.08. The predicted molar refractivity (Wildman–Crippen MR) is 233 cm³/mol. The SMILES string of the molecule is O=C1C[C@H]2O[C@@H](CCc3ccc(OS(=O)(=O)c4ccccc4)cc3)C[C@@H](/C=C/c3ccc(OS(=O)(=O)c4ccccc4)cc3)[C@@H]2[C@@H](c2ccc(OS(=O)(=O)c3ccccc3)cc2)O1. The van der Waals surface area contributed by atoms with Gasteiger partial charge < -0.3 is 22.0 Å². The van der Waals surface area contributed by atoms with Gasteiger partial charge in [0.25, 0.3) is 0 Å². The minimum absolute atomic E-state index is 0.0152. The second-order valence-electron chi connectivity index (χ2n) is 15.1. The molecule has 2 saturated heterocycles. The first-order valence-corrected chi connectivity index (χ1v) is 24.3. The first kappa shape index (κ1) is 43.4. The van der Waals surface area contributed by atoms with Gasteiger partial charge in [-0.1, -0.05) is 103 Å². The maximum atomic E-state index is 13.2. The fourth-order valence-electron chi connectivity index (χ4n) is 7.76. The Morgan fingerprint density at radius 3 is 1.48 bits per heavy atom. The van der Waals surface area contributed by atoms with Crippen LogP contribution in [-0.4, -0.2) is 43.4 Å². The number of hydrogen-bond donors (Lipinski definition) is 0. The Labute approximate surface area is 367 Å². The Morgan fingerprint density at radius 1 is 0.556 bits per heavy atom. The zero-order valence-electron chi connectivity index (χ0n) is 33.6. The molecule has 0 bridgehead atoms. The van der Waals surface area contributed by atoms with E-state index in [1.807, 2.05) is 18.2 Å². The zero-order valence-corrected chi connectivity index (χ0v) is 36.0. The van der Waals surface area contributed by atoms with Gasteiger partial charge >= 0.3 is 36.3 Å². The lowest BCUT2D eigenvalue weighted by Gasteiger charge is -2.47. The molecule has 8 rings (SSSR count). The summed E-state index contributed by atoms with van der Waals surface area (Å²) in [6.45, 7) is 0. The van der Waals surface area contributed by atoms with Crippen LogP contribution in [0.4, 0.5) is 0 Å². The lowest BCUT2D eigenvalue weighted by Crippen LogP contribution is -2.48. The highest BCUT2D eigenvalue weighted by Gasteiger charge is 2.48. The quantitative estimate of drug-likeness (QED) is 0.0712. The minimum Gasteiger partial charge on any atom is -0.457 e. The number of rotatable bonds is 15. The van der Waals surface area contributed by atoms with E-state index in [1.54, 1.807) is 103 Å². The number of benzene rings is 6. The van der Waals surface area contributed by atoms with Crippen molar-refractivity contribution in [2.24, 2.45) is 11.8 Å². The maximum absolute atomic E-state index is 13.2. The van der Waals surface area contributed by atoms with Gasteiger partial charge in [-0.25, -0.2) is 0 Å². The van der Waals surface area contributed by atoms with Crippen molar-refractivity contribution in [3.05, 3.63) is 187 Å². The molecule has 0 aromatic heterocycles. The van der Waals surface area contributed by atoms with E-state index in [0.717, 1.165) is 11.1 Å². The van der Waals surface area contributed by atoms with Gasteiger partial charge in [-0.15, -0.1) is 0 Å². The molecule has 6 aromatic carbocycles. The van der Waals surface area contributed by atoms with Crippen molar-refractivity contribution in [3.63, 3.8) is 0 Å². The standard InChI is InChI=1S/C48H42O12S3/c49-46-33-45-47(48(57-46)36-23-30-40(31-24-36)60-63(54,55)44-14-8-3-9-15-44)37(22-16-34-17-25-38(26-18-34)58-61(50,51)42-10-4-1-5-11-42)32-41(56-45)29-21-35-19-27-39(28-20-35)59-62(52,53)43-12-6-2-7-13-43/h1-20,22-28,30-31,37,41,45,47-48H,21,29,32-33H2/b22-16+/t37-,41+,45-,47+,48-/m1/s1. The van der Waals surface area contributed by atoms with Crippen molar-refractivity contribution >= 4 is 42.4 Å². The molecular formula is C48H42O12S3. The van der Waals surface area contributed by atoms with Crippen LogP contribution in [0.3, 0.4) is 0 Å². The molecule has 324 valence electrons. The number of carbonyl (C=O) groups is 1. The molecule has 63 heavy (non-hydrogen) atoms. The van der Waals surface area contributed by atoms with E-state index in [9.17, 15) is 30.0 Å². The molecule has 2 fully saturated rings. The van der Waals surface area contributed by atoms with Crippen LogP contribution in [0.25, 0.3) is 6.08 Å². The van der Waals surface area contributed by atoms with Crippen LogP contribution in [0.1, 0.15) is 42.1 Å². The molecule has 2 heterocycles. The number of fused-ring (bicyclic) bond motifs is 1. The van der Waals surface area contributed by atoms with Crippen molar-refractivity contribution < 1.29 is 52.1 Å². The van der Waals surface area contributed by atoms with E-state index in [1.165, 1.54) is 48.5 Å². The smallest absolute Gasteiger partial charge is 0.339 e. The highest BCUT2D eigenvalue weighted by Crippen LogP contribution is 2.47. The van der Waals surface area contributed by atoms with E-state index in [4.69, 9.17) is 22.0 Å². The van der Waals surface area contributed by atoms with Gasteiger partial charge in [0.2, 0.25) is 0 Å². The summed E-state index contributed by atoms with van der Waals surface area (Å²) < 4.78 is 106. The molecule has 0 N–H and O–H groups in total. The number of aryl methyl sites for hydroxylation is 1. The molecule has 5 atom stereocenters. The molecule has 0 radical (unpaired) electrons. The van der Waals surface area contributed by atoms with Crippen molar-refractivity contribution in [3.8, 4) is 17.2 Å². The van der Waals surface area contributed by atoms with Gasteiger partial charge in [0.15, 0.2) is 0 Å². The van der Waals surface area contributed by atoms with Crippen LogP contribution in [0, 0.1) is 11.8 Å². The van der Waals surface area contributed by atoms with Gasteiger partial charge in [0.1, 0.15) is 38.0 Å². The Bertz CT molecular complexity index is 2870. The van der Waals surface area contributed by atoms with Crippen LogP contribution >= 0.6 is 0 Å². The number of ether oxygens (including phenoxy) is 2. The third-order valence-corrected chi connectivity index (χ3v) is 14.6. The zero-order chi connectivity index (χ0) is 44.0. The Kier molecular flexibility index (Phi) is 12.8. The maximum Gasteiger partial charge on any atom is 0.339 e. The van der Waals surface area contributed by atoms with Crippen molar-refractivity contribution in [2.75, 3.05) is 0 Å². The topological polar surface area (TPSA) is 166 Å². The molecule has 0 unspecified atom stereocenters. The molecule has 0 saturated carbocycles. The number of hydrogen-bond acceptors (Lipinski definition) is 12. The van der Waals surface area contributed by atoms with Gasteiger partial charge in [-0.3, -0.25) is 4.79 Å². The second kappa shape index (κ2) is 18.6. The molecule has 2 aliphatic heterocycles. The van der Waals surface area contributed by atoms with Crippen molar-refractivity contribution in [1.29, 1.82) is 0 Å². The Balaban J connectivity index is 1.01. The summed E-state index contributed by atoms with van der Waals surface area (Å²) in [5.74, 6) is -0.488. The molecule has 15 heteroatoms. The van der Waals surface area contributed by atoms with Crippen molar-refractivity contribution in [2.45, 2.75) is 58.7 Å². The fourth-order valence-corrected chi connectivity index (χ4v) is 10.6. The van der Waals surface area contributed by atoms with E-state index in [2.05, 4.69) is 6.08 Å². The molecule has 12 nitrogen and oxygen atoms in total. The van der Waals surface area contributed by atoms with E-state index < -0.39 is 48.5 Å². The van der Waals surface area contributed by atoms with E-state index in [-0.39, 0.29) is 56.3 Å². The van der Waals surface area contributed by atoms with Crippen LogP contribution in [0.5, 0.6) is 17.2 Å². The summed E-state index contributed by atoms with van der Waals surface area (Å²) in [6.07, 6.45) is 4.26. The third kappa shape index (κ3) is 10.7. The summed E-state index contributed by atoms with van der Waals surface area (Å²) in [6, 6.07) is 43.5. The van der Waals surface area contributed by atoms with Gasteiger partial charge in [0, 0.05) is 5.92 Å². The summed E-state index contributed by atoms with van der Waals surface area (Å²) in [5, 5.41) is 0. The largest absolute Gasteiger partial charge is 0.457 e. The summed E-state index contributed by atoms with van der Waals surface area (Å²) in [4.78, 5) is 13.3. The van der Waals surface area contributed by atoms with Gasteiger partial charge in [0.05, 0.1) is 18.6 Å². The molecule has 0 amide bonds. The van der Waals surface area contributed by atoms with Crippen LogP contribution in [0.15, 0.2) is 185 Å². The highest BCUT2D eigenvalue weighted by molar-refractivity contribution is 7.87. The first-order valence-electron chi connectivity index (χ1n) is 20.1. The van der Waals surface area contributed by atoms with Crippen LogP contribution in [0.2, 0.25) is 0 Å². The number of esters is 1. The number of carbonyl (C=O) groups excluding carboxylic acids is 1. The molecule has 0 spiro atoms. The third-order valence-electron chi connectivity index (χ3n) is 10.8. The molecule has 2 aliphatic rings. The van der Waals surface area contributed by atoms with E-state index >= 15 is 0 Å². The normalized spacial score (nSPS) is 20.3. The summed E-state index contributed by atoms with van der Waals surface area (Å²) in [5.41, 5.74) is 2.35. The number of cyclic esters (lactones) is 1. The van der Waals surface area contributed by atoms with Crippen molar-refractivity contribution in [1.82, 2.24) is 0 Å². The highest BCUT2D eigenvalue weighted by atomic mass is 32.2. The predicted octanol–water partition coefficient (Wildman–Crippen LogP) is 8.71. The molecular weight excluding hydrogens is 865 g/mol. The average Bonchev–Trinajstić information content (AvgIpc) is 3.29. The monoisotopic (exact) mass is 906 g/mol. The Hall–Kier alpha value is -6.26. The fraction of sp³-hybridized carbons (Fsp3) is 0.188. The lowest BCUT2D eigenvalue weighted by molar-refractivity contribution is -0.197. The molecule has 0 aliphatic carbocycles. The summed E-state index contributed by atoms with van der Waals surface area (Å²) in [7, 11) is -12.1. The number of allylic oxidation sites excluding steroid dienone is 1. The molecule has 6 aromatic rings. The first-order chi connectivity index (χ1) is 30.3. The van der Waals surface area contributed by atoms with E-state index in [0.29, 0.717) is 24.8 Å². The summed E-state index contributed by atoms with van der Waals surface area (Å²) >= 11 is 0. The van der Waals surface area contributed by atoms with Gasteiger partial charge in [-0.05, 0) is 115 Å². The second-order valence-corrected chi connectivity index (χ2v) is 19.8. The van der Waals surface area contributed by atoms with Crippen LogP contribution in [-0.2, 0) is 51.0 Å². The average molecular weight is 907 g/mol. The lowest BCUT2D eigenvalue weighted by atomic mass is 9.72. The van der Waals surface area contributed by atoms with Gasteiger partial charge in [-0.2, -0.15) is 25.3 Å².